The standard InChI is InChI=1S/C14H19NO3S/c1-14(2,3)11(13(17)18)15-12(16)9-5-7-10(19-4)8-6-9/h5-8,11H,1-4H3,(H,15,16)(H,17,18)/t11-/m1/s1. The number of carbonyl (C=O) groups is 2. The van der Waals surface area contributed by atoms with Crippen molar-refractivity contribution in [3.05, 3.63) is 29.8 Å². The van der Waals surface area contributed by atoms with Gasteiger partial charge in [0.2, 0.25) is 0 Å². The molecule has 0 aliphatic rings. The average molecular weight is 281 g/mol. The number of hydrogen-bond donors (Lipinski definition) is 2. The molecule has 0 bridgehead atoms. The fourth-order valence-corrected chi connectivity index (χ4v) is 2.01. The van der Waals surface area contributed by atoms with Crippen molar-refractivity contribution in [2.75, 3.05) is 6.26 Å². The lowest BCUT2D eigenvalue weighted by Crippen LogP contribution is -2.49. The van der Waals surface area contributed by atoms with E-state index < -0.39 is 17.4 Å². The van der Waals surface area contributed by atoms with Crippen LogP contribution in [0.4, 0.5) is 0 Å². The van der Waals surface area contributed by atoms with Gasteiger partial charge in [-0.25, -0.2) is 4.79 Å². The van der Waals surface area contributed by atoms with E-state index in [4.69, 9.17) is 5.11 Å². The molecule has 1 amide bonds. The minimum Gasteiger partial charge on any atom is -0.480 e. The first-order valence-corrected chi connectivity index (χ1v) is 7.16. The minimum absolute atomic E-state index is 0.366. The molecule has 0 aliphatic carbocycles. The molecule has 2 N–H and O–H groups in total. The summed E-state index contributed by atoms with van der Waals surface area (Å²) in [6.45, 7) is 5.34. The Kier molecular flexibility index (Phi) is 5.00. The zero-order valence-corrected chi connectivity index (χ0v) is 12.4. The van der Waals surface area contributed by atoms with Crippen LogP contribution in [-0.4, -0.2) is 29.3 Å². The Bertz CT molecular complexity index is 463. The van der Waals surface area contributed by atoms with Gasteiger partial charge in [-0.2, -0.15) is 0 Å². The highest BCUT2D eigenvalue weighted by Gasteiger charge is 2.32. The van der Waals surface area contributed by atoms with Crippen molar-refractivity contribution >= 4 is 23.6 Å². The van der Waals surface area contributed by atoms with Gasteiger partial charge in [0.15, 0.2) is 0 Å². The SMILES string of the molecule is CSc1ccc(C(=O)N[C@H](C(=O)O)C(C)(C)C)cc1. The summed E-state index contributed by atoms with van der Waals surface area (Å²) in [6.07, 6.45) is 1.95. The van der Waals surface area contributed by atoms with E-state index in [2.05, 4.69) is 5.32 Å². The van der Waals surface area contributed by atoms with E-state index in [1.807, 2.05) is 18.4 Å². The third-order valence-electron chi connectivity index (χ3n) is 2.74. The maximum atomic E-state index is 12.0. The van der Waals surface area contributed by atoms with Crippen LogP contribution in [0.1, 0.15) is 31.1 Å². The summed E-state index contributed by atoms with van der Waals surface area (Å²) in [4.78, 5) is 24.3. The Labute approximate surface area is 117 Å². The quantitative estimate of drug-likeness (QED) is 0.833. The van der Waals surface area contributed by atoms with Gasteiger partial charge in [0.1, 0.15) is 6.04 Å². The van der Waals surface area contributed by atoms with E-state index >= 15 is 0 Å². The normalized spacial score (nSPS) is 12.8. The summed E-state index contributed by atoms with van der Waals surface area (Å²) in [5.74, 6) is -1.39. The summed E-state index contributed by atoms with van der Waals surface area (Å²) in [6, 6.07) is 6.16. The summed E-state index contributed by atoms with van der Waals surface area (Å²) < 4.78 is 0. The van der Waals surface area contributed by atoms with Crippen molar-refractivity contribution in [2.45, 2.75) is 31.7 Å². The lowest BCUT2D eigenvalue weighted by Gasteiger charge is -2.27. The smallest absolute Gasteiger partial charge is 0.326 e. The van der Waals surface area contributed by atoms with Crippen LogP contribution in [0.15, 0.2) is 29.2 Å². The molecule has 0 saturated carbocycles. The van der Waals surface area contributed by atoms with E-state index in [0.29, 0.717) is 5.56 Å². The van der Waals surface area contributed by atoms with Crippen molar-refractivity contribution in [2.24, 2.45) is 5.41 Å². The van der Waals surface area contributed by atoms with Crippen molar-refractivity contribution < 1.29 is 14.7 Å². The second kappa shape index (κ2) is 6.10. The van der Waals surface area contributed by atoms with Crippen LogP contribution in [0, 0.1) is 5.41 Å². The lowest BCUT2D eigenvalue weighted by atomic mass is 9.86. The molecule has 0 unspecified atom stereocenters. The Morgan fingerprint density at radius 3 is 2.11 bits per heavy atom. The molecule has 5 heteroatoms. The van der Waals surface area contributed by atoms with Gasteiger partial charge in [-0.3, -0.25) is 4.79 Å². The van der Waals surface area contributed by atoms with Crippen LogP contribution < -0.4 is 5.32 Å². The summed E-state index contributed by atoms with van der Waals surface area (Å²) in [5, 5.41) is 11.7. The van der Waals surface area contributed by atoms with Crippen LogP contribution >= 0.6 is 11.8 Å². The molecule has 1 atom stereocenters. The molecule has 0 heterocycles. The average Bonchev–Trinajstić information content (AvgIpc) is 2.34. The molecule has 0 fully saturated rings. The summed E-state index contributed by atoms with van der Waals surface area (Å²) in [7, 11) is 0. The Hall–Kier alpha value is -1.49. The molecule has 0 saturated heterocycles. The predicted octanol–water partition coefficient (Wildman–Crippen LogP) is 2.64. The summed E-state index contributed by atoms with van der Waals surface area (Å²) in [5.41, 5.74) is -0.0749. The largest absolute Gasteiger partial charge is 0.480 e. The van der Waals surface area contributed by atoms with Crippen LogP contribution in [0.25, 0.3) is 0 Å². The third kappa shape index (κ3) is 4.28. The predicted molar refractivity (Wildman–Crippen MR) is 76.6 cm³/mol. The zero-order chi connectivity index (χ0) is 14.6. The van der Waals surface area contributed by atoms with Crippen molar-refractivity contribution in [1.82, 2.24) is 5.32 Å². The highest BCUT2D eigenvalue weighted by molar-refractivity contribution is 7.98. The van der Waals surface area contributed by atoms with Crippen molar-refractivity contribution in [1.29, 1.82) is 0 Å². The second-order valence-electron chi connectivity index (χ2n) is 5.34. The number of benzene rings is 1. The molecular weight excluding hydrogens is 262 g/mol. The number of aliphatic carboxylic acids is 1. The number of nitrogens with one attached hydrogen (secondary N) is 1. The van der Waals surface area contributed by atoms with Crippen molar-refractivity contribution in [3.63, 3.8) is 0 Å². The van der Waals surface area contributed by atoms with Gasteiger partial charge in [0, 0.05) is 10.5 Å². The number of carbonyl (C=O) groups excluding carboxylic acids is 1. The molecule has 1 aromatic carbocycles. The third-order valence-corrected chi connectivity index (χ3v) is 3.48. The molecule has 1 aromatic rings. The molecule has 0 aliphatic heterocycles. The van der Waals surface area contributed by atoms with E-state index in [-0.39, 0.29) is 5.91 Å². The van der Waals surface area contributed by atoms with E-state index in [1.54, 1.807) is 44.7 Å². The molecule has 4 nitrogen and oxygen atoms in total. The first-order chi connectivity index (χ1) is 8.75. The van der Waals surface area contributed by atoms with E-state index in [1.165, 1.54) is 0 Å². The van der Waals surface area contributed by atoms with Crippen LogP contribution in [0.5, 0.6) is 0 Å². The number of hydrogen-bond acceptors (Lipinski definition) is 3. The molecule has 0 spiro atoms. The molecular formula is C14H19NO3S. The molecule has 0 radical (unpaired) electrons. The Morgan fingerprint density at radius 1 is 1.21 bits per heavy atom. The van der Waals surface area contributed by atoms with Gasteiger partial charge >= 0.3 is 5.97 Å². The molecule has 1 rings (SSSR count). The summed E-state index contributed by atoms with van der Waals surface area (Å²) >= 11 is 1.59. The fraction of sp³-hybridized carbons (Fsp3) is 0.429. The first kappa shape index (κ1) is 15.6. The lowest BCUT2D eigenvalue weighted by molar-refractivity contribution is -0.142. The zero-order valence-electron chi connectivity index (χ0n) is 11.6. The van der Waals surface area contributed by atoms with Crippen LogP contribution in [-0.2, 0) is 4.79 Å². The van der Waals surface area contributed by atoms with Gasteiger partial charge in [0.25, 0.3) is 5.91 Å². The monoisotopic (exact) mass is 281 g/mol. The van der Waals surface area contributed by atoms with Crippen LogP contribution in [0.3, 0.4) is 0 Å². The number of carboxylic acid groups (broad SMARTS) is 1. The molecule has 0 aromatic heterocycles. The van der Waals surface area contributed by atoms with Crippen LogP contribution in [0.2, 0.25) is 0 Å². The fourth-order valence-electron chi connectivity index (χ4n) is 1.61. The van der Waals surface area contributed by atoms with Gasteiger partial charge in [0.05, 0.1) is 0 Å². The van der Waals surface area contributed by atoms with Gasteiger partial charge in [-0.05, 0) is 35.9 Å². The topological polar surface area (TPSA) is 66.4 Å². The van der Waals surface area contributed by atoms with Gasteiger partial charge in [-0.15, -0.1) is 11.8 Å². The number of amides is 1. The highest BCUT2D eigenvalue weighted by Crippen LogP contribution is 2.20. The van der Waals surface area contributed by atoms with Crippen molar-refractivity contribution in [3.8, 4) is 0 Å². The number of carboxylic acids is 1. The van der Waals surface area contributed by atoms with Gasteiger partial charge < -0.3 is 10.4 Å². The molecule has 104 valence electrons. The maximum absolute atomic E-state index is 12.0. The minimum atomic E-state index is -1.03. The highest BCUT2D eigenvalue weighted by atomic mass is 32.2. The molecule has 19 heavy (non-hydrogen) atoms. The van der Waals surface area contributed by atoms with E-state index in [0.717, 1.165) is 4.90 Å². The number of rotatable bonds is 4. The second-order valence-corrected chi connectivity index (χ2v) is 6.22. The van der Waals surface area contributed by atoms with E-state index in [9.17, 15) is 9.59 Å². The maximum Gasteiger partial charge on any atom is 0.326 e. The number of thioether (sulfide) groups is 1. The Balaban J connectivity index is 2.85. The van der Waals surface area contributed by atoms with Gasteiger partial charge in [-0.1, -0.05) is 20.8 Å². The first-order valence-electron chi connectivity index (χ1n) is 5.93. The Morgan fingerprint density at radius 2 is 1.74 bits per heavy atom.